The number of carbonyl (C=O) groups excluding carboxylic acids is 1. The van der Waals surface area contributed by atoms with E-state index in [0.717, 1.165) is 34.6 Å². The van der Waals surface area contributed by atoms with E-state index in [1.54, 1.807) is 0 Å². The lowest BCUT2D eigenvalue weighted by molar-refractivity contribution is -0.124. The fraction of sp³-hybridized carbons (Fsp3) is 0.286. The highest BCUT2D eigenvalue weighted by Crippen LogP contribution is 2.23. The molecule has 0 fully saturated rings. The molecule has 0 saturated carbocycles. The normalized spacial score (nSPS) is 12.0. The van der Waals surface area contributed by atoms with Crippen LogP contribution in [0.3, 0.4) is 0 Å². The maximum absolute atomic E-state index is 12.7. The maximum Gasteiger partial charge on any atom is 0.222 e. The van der Waals surface area contributed by atoms with Crippen LogP contribution in [0.25, 0.3) is 11.0 Å². The van der Waals surface area contributed by atoms with E-state index >= 15 is 0 Å². The number of fused-ring (bicyclic) bond motifs is 1. The minimum atomic E-state index is -0.108. The average Bonchev–Trinajstić information content (AvgIpc) is 3.21. The molecule has 34 heavy (non-hydrogen) atoms. The lowest BCUT2D eigenvalue weighted by Gasteiger charge is -2.15. The van der Waals surface area contributed by atoms with E-state index in [1.165, 1.54) is 5.56 Å². The molecule has 4 aromatic rings. The van der Waals surface area contributed by atoms with Gasteiger partial charge < -0.3 is 14.6 Å². The number of nitrogens with one attached hydrogen (secondary N) is 1. The highest BCUT2D eigenvalue weighted by atomic mass is 35.5. The van der Waals surface area contributed by atoms with Crippen molar-refractivity contribution in [3.05, 3.63) is 94.8 Å². The lowest BCUT2D eigenvalue weighted by atomic mass is 10.1. The van der Waals surface area contributed by atoms with Gasteiger partial charge in [0.2, 0.25) is 5.91 Å². The zero-order valence-corrected chi connectivity index (χ0v) is 20.4. The Kier molecular flexibility index (Phi) is 7.86. The molecule has 3 aromatic carbocycles. The first-order valence-electron chi connectivity index (χ1n) is 11.7. The number of halogens is 1. The number of ether oxygens (including phenoxy) is 1. The molecule has 1 N–H and O–H groups in total. The number of aromatic nitrogens is 2. The van der Waals surface area contributed by atoms with Gasteiger partial charge in [0.25, 0.3) is 0 Å². The van der Waals surface area contributed by atoms with Gasteiger partial charge in [0.05, 0.1) is 11.0 Å². The predicted octanol–water partition coefficient (Wildman–Crippen LogP) is 5.96. The standard InChI is InChI=1S/C28H30ClN3O2/c1-20-7-6-10-25-27(20)31-26(19-34-24-13-11-23(29)12-14-24)32(25)18-16-21(2)28(33)30-17-15-22-8-4-3-5-9-22/h3-14,21H,15-19H2,1-2H3,(H,30,33). The van der Waals surface area contributed by atoms with Crippen LogP contribution < -0.4 is 10.1 Å². The van der Waals surface area contributed by atoms with Gasteiger partial charge in [0.15, 0.2) is 0 Å². The smallest absolute Gasteiger partial charge is 0.222 e. The van der Waals surface area contributed by atoms with Crippen LogP contribution in [0.5, 0.6) is 5.75 Å². The molecule has 0 radical (unpaired) electrons. The number of para-hydroxylation sites is 1. The molecule has 1 atom stereocenters. The predicted molar refractivity (Wildman–Crippen MR) is 137 cm³/mol. The summed E-state index contributed by atoms with van der Waals surface area (Å²) in [6.07, 6.45) is 1.54. The topological polar surface area (TPSA) is 56.2 Å². The van der Waals surface area contributed by atoms with Crippen LogP contribution in [0.4, 0.5) is 0 Å². The molecule has 1 unspecified atom stereocenters. The highest BCUT2D eigenvalue weighted by Gasteiger charge is 2.17. The summed E-state index contributed by atoms with van der Waals surface area (Å²) in [6.45, 7) is 5.71. The fourth-order valence-electron chi connectivity index (χ4n) is 3.98. The number of rotatable bonds is 10. The van der Waals surface area contributed by atoms with Crippen LogP contribution in [-0.4, -0.2) is 22.0 Å². The summed E-state index contributed by atoms with van der Waals surface area (Å²) in [7, 11) is 0. The van der Waals surface area contributed by atoms with Crippen molar-refractivity contribution in [1.29, 1.82) is 0 Å². The first-order chi connectivity index (χ1) is 16.5. The average molecular weight is 476 g/mol. The van der Waals surface area contributed by atoms with Gasteiger partial charge >= 0.3 is 0 Å². The van der Waals surface area contributed by atoms with Gasteiger partial charge in [-0.15, -0.1) is 0 Å². The Balaban J connectivity index is 1.40. The molecule has 1 heterocycles. The van der Waals surface area contributed by atoms with Crippen molar-refractivity contribution < 1.29 is 9.53 Å². The van der Waals surface area contributed by atoms with E-state index in [1.807, 2.05) is 55.5 Å². The molecule has 0 aliphatic carbocycles. The molecule has 0 aliphatic heterocycles. The fourth-order valence-corrected chi connectivity index (χ4v) is 4.10. The highest BCUT2D eigenvalue weighted by molar-refractivity contribution is 6.30. The summed E-state index contributed by atoms with van der Waals surface area (Å²) in [5, 5.41) is 3.75. The van der Waals surface area contributed by atoms with Crippen LogP contribution >= 0.6 is 11.6 Å². The monoisotopic (exact) mass is 475 g/mol. The molecular weight excluding hydrogens is 446 g/mol. The Morgan fingerprint density at radius 2 is 1.82 bits per heavy atom. The molecule has 0 bridgehead atoms. The maximum atomic E-state index is 12.7. The van der Waals surface area contributed by atoms with Crippen molar-refractivity contribution in [1.82, 2.24) is 14.9 Å². The van der Waals surface area contributed by atoms with E-state index in [9.17, 15) is 4.79 Å². The number of aryl methyl sites for hydroxylation is 2. The van der Waals surface area contributed by atoms with Gasteiger partial charge in [0.1, 0.15) is 18.2 Å². The van der Waals surface area contributed by atoms with Crippen molar-refractivity contribution >= 4 is 28.5 Å². The summed E-state index contributed by atoms with van der Waals surface area (Å²) in [5.41, 5.74) is 4.38. The lowest BCUT2D eigenvalue weighted by Crippen LogP contribution is -2.31. The van der Waals surface area contributed by atoms with E-state index in [4.69, 9.17) is 21.3 Å². The minimum absolute atomic E-state index is 0.0792. The van der Waals surface area contributed by atoms with Gasteiger partial charge in [0, 0.05) is 24.0 Å². The second kappa shape index (κ2) is 11.2. The first-order valence-corrected chi connectivity index (χ1v) is 12.0. The summed E-state index contributed by atoms with van der Waals surface area (Å²) < 4.78 is 8.16. The van der Waals surface area contributed by atoms with Crippen LogP contribution in [-0.2, 0) is 24.4 Å². The van der Waals surface area contributed by atoms with Crippen molar-refractivity contribution in [2.45, 2.75) is 39.8 Å². The minimum Gasteiger partial charge on any atom is -0.486 e. The molecule has 176 valence electrons. The van der Waals surface area contributed by atoms with Gasteiger partial charge in [-0.25, -0.2) is 4.98 Å². The molecule has 4 rings (SSSR count). The Bertz CT molecular complexity index is 1240. The summed E-state index contributed by atoms with van der Waals surface area (Å²) in [5.74, 6) is 1.56. The van der Waals surface area contributed by atoms with Crippen molar-refractivity contribution in [2.75, 3.05) is 6.54 Å². The first kappa shape index (κ1) is 23.8. The third kappa shape index (κ3) is 5.97. The Labute approximate surface area is 205 Å². The van der Waals surface area contributed by atoms with E-state index < -0.39 is 0 Å². The van der Waals surface area contributed by atoms with Crippen molar-refractivity contribution in [3.63, 3.8) is 0 Å². The molecule has 1 aromatic heterocycles. The Morgan fingerprint density at radius 1 is 1.06 bits per heavy atom. The Hall–Kier alpha value is -3.31. The van der Waals surface area contributed by atoms with E-state index in [0.29, 0.717) is 31.1 Å². The summed E-state index contributed by atoms with van der Waals surface area (Å²) in [4.78, 5) is 17.5. The van der Waals surface area contributed by atoms with E-state index in [2.05, 4.69) is 41.1 Å². The molecular formula is C28H30ClN3O2. The third-order valence-corrected chi connectivity index (χ3v) is 6.28. The Morgan fingerprint density at radius 3 is 2.59 bits per heavy atom. The second-order valence-electron chi connectivity index (χ2n) is 8.58. The third-order valence-electron chi connectivity index (χ3n) is 6.03. The van der Waals surface area contributed by atoms with Crippen molar-refractivity contribution in [2.24, 2.45) is 5.92 Å². The van der Waals surface area contributed by atoms with Gasteiger partial charge in [-0.2, -0.15) is 0 Å². The van der Waals surface area contributed by atoms with Crippen LogP contribution in [0, 0.1) is 12.8 Å². The number of hydrogen-bond donors (Lipinski definition) is 1. The molecule has 0 saturated heterocycles. The largest absolute Gasteiger partial charge is 0.486 e. The SMILES string of the molecule is Cc1cccc2c1nc(COc1ccc(Cl)cc1)n2CCC(C)C(=O)NCCc1ccccc1. The molecule has 0 spiro atoms. The number of hydrogen-bond acceptors (Lipinski definition) is 3. The zero-order valence-electron chi connectivity index (χ0n) is 19.6. The quantitative estimate of drug-likeness (QED) is 0.308. The molecule has 1 amide bonds. The molecule has 5 nitrogen and oxygen atoms in total. The van der Waals surface area contributed by atoms with Gasteiger partial charge in [-0.05, 0) is 61.2 Å². The number of benzene rings is 3. The number of nitrogens with zero attached hydrogens (tertiary/aromatic N) is 2. The van der Waals surface area contributed by atoms with E-state index in [-0.39, 0.29) is 11.8 Å². The summed E-state index contributed by atoms with van der Waals surface area (Å²) >= 11 is 5.98. The number of carbonyl (C=O) groups is 1. The zero-order chi connectivity index (χ0) is 23.9. The van der Waals surface area contributed by atoms with Gasteiger partial charge in [-0.3, -0.25) is 4.79 Å². The second-order valence-corrected chi connectivity index (χ2v) is 9.02. The molecule has 0 aliphatic rings. The number of amides is 1. The van der Waals surface area contributed by atoms with Crippen LogP contribution in [0.15, 0.2) is 72.8 Å². The van der Waals surface area contributed by atoms with Crippen molar-refractivity contribution in [3.8, 4) is 5.75 Å². The van der Waals surface area contributed by atoms with Crippen LogP contribution in [0.1, 0.15) is 30.3 Å². The number of imidazole rings is 1. The summed E-state index contributed by atoms with van der Waals surface area (Å²) in [6, 6.07) is 23.7. The molecule has 6 heteroatoms. The van der Waals surface area contributed by atoms with Crippen LogP contribution in [0.2, 0.25) is 5.02 Å². The van der Waals surface area contributed by atoms with Gasteiger partial charge in [-0.1, -0.05) is 61.0 Å².